The molecule has 206 valence electrons. The highest BCUT2D eigenvalue weighted by Gasteiger charge is 2.18. The number of hydrogen-bond donors (Lipinski definition) is 0. The minimum atomic E-state index is -0.466. The Morgan fingerprint density at radius 1 is 0.523 bits per heavy atom. The summed E-state index contributed by atoms with van der Waals surface area (Å²) in [7, 11) is 0. The Hall–Kier alpha value is -5.65. The monoisotopic (exact) mass is 585 g/mol. The quantitative estimate of drug-likeness (QED) is 0.206. The molecule has 0 aliphatic carbocycles. The Morgan fingerprint density at radius 3 is 1.91 bits per heavy atom. The third-order valence-corrected chi connectivity index (χ3v) is 9.17. The lowest BCUT2D eigenvalue weighted by molar-refractivity contribution is 1.08. The Kier molecular flexibility index (Phi) is 4.60. The first kappa shape index (κ1) is 20.3. The van der Waals surface area contributed by atoms with Crippen molar-refractivity contribution in [1.82, 2.24) is 19.5 Å². The van der Waals surface area contributed by atoms with E-state index in [0.29, 0.717) is 11.6 Å². The average molecular weight is 586 g/mol. The van der Waals surface area contributed by atoms with Gasteiger partial charge in [0.25, 0.3) is 0 Å². The van der Waals surface area contributed by atoms with Gasteiger partial charge in [0, 0.05) is 53.3 Å². The molecule has 0 saturated carbocycles. The highest BCUT2D eigenvalue weighted by molar-refractivity contribution is 7.26. The molecule has 9 rings (SSSR count). The van der Waals surface area contributed by atoms with E-state index in [1.54, 1.807) is 11.3 Å². The zero-order chi connectivity index (χ0) is 33.4. The van der Waals surface area contributed by atoms with E-state index in [9.17, 15) is 0 Å². The second kappa shape index (κ2) is 9.97. The van der Waals surface area contributed by atoms with Crippen LogP contribution < -0.4 is 0 Å². The molecule has 4 nitrogen and oxygen atoms in total. The second-order valence-corrected chi connectivity index (χ2v) is 11.6. The first-order valence-electron chi connectivity index (χ1n) is 16.7. The Morgan fingerprint density at radius 2 is 1.16 bits per heavy atom. The van der Waals surface area contributed by atoms with Crippen molar-refractivity contribution in [3.05, 3.63) is 145 Å². The molecule has 6 aromatic carbocycles. The fraction of sp³-hybridized carbons (Fsp3) is 0. The van der Waals surface area contributed by atoms with Crippen LogP contribution in [-0.4, -0.2) is 19.5 Å². The van der Waals surface area contributed by atoms with Gasteiger partial charge in [-0.15, -0.1) is 11.3 Å². The van der Waals surface area contributed by atoms with Crippen LogP contribution in [0, 0.1) is 0 Å². The number of rotatable bonds is 4. The molecule has 0 radical (unpaired) electrons. The summed E-state index contributed by atoms with van der Waals surface area (Å²) >= 11 is 1.64. The first-order chi connectivity index (χ1) is 23.9. The maximum Gasteiger partial charge on any atom is 0.165 e. The number of fused-ring (bicyclic) bond motifs is 6. The number of hydrogen-bond acceptors (Lipinski definition) is 4. The molecule has 9 aromatic rings. The van der Waals surface area contributed by atoms with Crippen LogP contribution in [0.4, 0.5) is 0 Å². The minimum absolute atomic E-state index is 0.0209. The zero-order valence-electron chi connectivity index (χ0n) is 28.2. The maximum absolute atomic E-state index is 8.63. The normalized spacial score (nSPS) is 13.2. The third-order valence-electron chi connectivity index (χ3n) is 7.95. The zero-order valence-corrected chi connectivity index (χ0v) is 24.0. The minimum Gasteiger partial charge on any atom is -0.309 e. The van der Waals surface area contributed by atoms with Crippen molar-refractivity contribution in [2.45, 2.75) is 0 Å². The lowest BCUT2D eigenvalue weighted by Gasteiger charge is -2.09. The van der Waals surface area contributed by atoms with Gasteiger partial charge in [-0.2, -0.15) is 0 Å². The number of benzene rings is 6. The highest BCUT2D eigenvalue weighted by atomic mass is 32.1. The Balaban J connectivity index is 1.28. The van der Waals surface area contributed by atoms with Crippen molar-refractivity contribution in [2.75, 3.05) is 0 Å². The number of para-hydroxylation sites is 2. The molecular weight excluding hydrogens is 557 g/mol. The van der Waals surface area contributed by atoms with Crippen molar-refractivity contribution in [1.29, 1.82) is 0 Å². The van der Waals surface area contributed by atoms with Gasteiger partial charge in [-0.1, -0.05) is 109 Å². The van der Waals surface area contributed by atoms with Crippen molar-refractivity contribution >= 4 is 53.3 Å². The Labute approximate surface area is 264 Å². The lowest BCUT2D eigenvalue weighted by atomic mass is 10.1. The number of aromatic nitrogens is 4. The molecular formula is C39H24N4S. The molecule has 0 aliphatic rings. The van der Waals surface area contributed by atoms with E-state index in [2.05, 4.69) is 82.3 Å². The summed E-state index contributed by atoms with van der Waals surface area (Å²) in [4.78, 5) is 14.3. The largest absolute Gasteiger partial charge is 0.309 e. The second-order valence-electron chi connectivity index (χ2n) is 10.5. The van der Waals surface area contributed by atoms with Crippen molar-refractivity contribution in [3.63, 3.8) is 0 Å². The van der Waals surface area contributed by atoms with Gasteiger partial charge >= 0.3 is 0 Å². The van der Waals surface area contributed by atoms with Crippen LogP contribution >= 0.6 is 11.3 Å². The van der Waals surface area contributed by atoms with Crippen LogP contribution in [0.25, 0.3) is 81.8 Å². The topological polar surface area (TPSA) is 43.6 Å². The van der Waals surface area contributed by atoms with Gasteiger partial charge in [0.2, 0.25) is 0 Å². The van der Waals surface area contributed by atoms with E-state index < -0.39 is 18.1 Å². The standard InChI is InChI=1S/C39H24N4S/c1-3-12-25(13-4-1)37-40-38(26-14-5-2-6-15-26)42-39(41-37)31-19-11-18-30-32-24-27(22-23-35(32)44-36(30)31)43-33-20-9-7-16-28(33)29-17-8-10-21-34(29)43/h1-24H/i1D,3D,4D,12D,13D. The summed E-state index contributed by atoms with van der Waals surface area (Å²) < 4.78 is 46.3. The summed E-state index contributed by atoms with van der Waals surface area (Å²) in [6.45, 7) is 0. The molecule has 0 unspecified atom stereocenters. The molecule has 3 heterocycles. The number of nitrogens with zero attached hydrogens (tertiary/aromatic N) is 4. The molecule has 0 amide bonds. The SMILES string of the molecule is [2H]c1c([2H])c([2H])c(-c2nc(-c3ccccc3)nc(-c3cccc4c3sc3ccc(-n5c6ccccc6c6ccccc65)cc34)n2)c([2H])c1[2H]. The van der Waals surface area contributed by atoms with Crippen LogP contribution in [0.5, 0.6) is 0 Å². The molecule has 3 aromatic heterocycles. The van der Waals surface area contributed by atoms with Crippen molar-refractivity contribution in [2.24, 2.45) is 0 Å². The van der Waals surface area contributed by atoms with Gasteiger partial charge in [-0.3, -0.25) is 0 Å². The fourth-order valence-electron chi connectivity index (χ4n) is 5.99. The van der Waals surface area contributed by atoms with Crippen molar-refractivity contribution < 1.29 is 6.85 Å². The molecule has 44 heavy (non-hydrogen) atoms. The van der Waals surface area contributed by atoms with E-state index in [-0.39, 0.29) is 23.5 Å². The fourth-order valence-corrected chi connectivity index (χ4v) is 7.18. The van der Waals surface area contributed by atoms with Crippen LogP contribution in [-0.2, 0) is 0 Å². The summed E-state index contributed by atoms with van der Waals surface area (Å²) in [6.07, 6.45) is 0. The molecule has 0 spiro atoms. The van der Waals surface area contributed by atoms with Gasteiger partial charge in [-0.25, -0.2) is 15.0 Å². The lowest BCUT2D eigenvalue weighted by Crippen LogP contribution is -2.00. The van der Waals surface area contributed by atoms with Crippen LogP contribution in [0.15, 0.2) is 145 Å². The summed E-state index contributed by atoms with van der Waals surface area (Å²) in [5.41, 5.74) is 4.77. The van der Waals surface area contributed by atoms with E-state index in [1.807, 2.05) is 42.5 Å². The molecule has 5 heteroatoms. The molecule has 0 N–H and O–H groups in total. The average Bonchev–Trinajstić information content (AvgIpc) is 3.69. The van der Waals surface area contributed by atoms with E-state index in [4.69, 9.17) is 16.8 Å². The van der Waals surface area contributed by atoms with Crippen LogP contribution in [0.3, 0.4) is 0 Å². The highest BCUT2D eigenvalue weighted by Crippen LogP contribution is 2.41. The molecule has 0 bridgehead atoms. The van der Waals surface area contributed by atoms with Gasteiger partial charge in [0.1, 0.15) is 0 Å². The summed E-state index contributed by atoms with van der Waals surface area (Å²) in [5, 5.41) is 4.56. The van der Waals surface area contributed by atoms with E-state index in [1.165, 1.54) is 10.8 Å². The third kappa shape index (κ3) is 3.94. The maximum atomic E-state index is 8.63. The summed E-state index contributed by atoms with van der Waals surface area (Å²) in [5.74, 6) is 0.724. The predicted octanol–water partition coefficient (Wildman–Crippen LogP) is 10.3. The van der Waals surface area contributed by atoms with Crippen molar-refractivity contribution in [3.8, 4) is 39.9 Å². The van der Waals surface area contributed by atoms with Crippen LogP contribution in [0.1, 0.15) is 6.85 Å². The van der Waals surface area contributed by atoms with Gasteiger partial charge in [0.05, 0.1) is 17.9 Å². The smallest absolute Gasteiger partial charge is 0.165 e. The van der Waals surface area contributed by atoms with Crippen LogP contribution in [0.2, 0.25) is 0 Å². The molecule has 0 atom stereocenters. The molecule has 0 saturated heterocycles. The summed E-state index contributed by atoms with van der Waals surface area (Å²) in [6, 6.07) is 36.8. The van der Waals surface area contributed by atoms with Gasteiger partial charge in [-0.05, 0) is 36.4 Å². The molecule has 0 aliphatic heterocycles. The van der Waals surface area contributed by atoms with E-state index >= 15 is 0 Å². The van der Waals surface area contributed by atoms with Gasteiger partial charge in [0.15, 0.2) is 17.5 Å². The predicted molar refractivity (Wildman–Crippen MR) is 183 cm³/mol. The van der Waals surface area contributed by atoms with E-state index in [0.717, 1.165) is 48.0 Å². The van der Waals surface area contributed by atoms with Gasteiger partial charge < -0.3 is 4.57 Å². The Bertz CT molecular complexity index is 2710. The number of thiophene rings is 1. The first-order valence-corrected chi connectivity index (χ1v) is 15.0. The molecule has 0 fully saturated rings.